The molecular formula is C14H18IN2+. The highest BCUT2D eigenvalue weighted by Crippen LogP contribution is 2.33. The highest BCUT2D eigenvalue weighted by atomic mass is 127. The molecule has 1 aliphatic rings. The number of rotatable bonds is 1. The standard InChI is InChI=1S/C14H17IN2/c1-8(16)9-2-4-13-11(6-9)12-7-10(15)3-5-14(12)17-13/h3,5,7-9,17H,2,4,6,16H2,1H3/p+1. The third kappa shape index (κ3) is 1.99. The summed E-state index contributed by atoms with van der Waals surface area (Å²) in [6, 6.07) is 7.24. The molecule has 3 rings (SSSR count). The number of hydrogen-bond acceptors (Lipinski definition) is 0. The molecule has 3 heteroatoms. The van der Waals surface area contributed by atoms with Crippen molar-refractivity contribution in [3.8, 4) is 0 Å². The van der Waals surface area contributed by atoms with Gasteiger partial charge in [-0.1, -0.05) is 0 Å². The summed E-state index contributed by atoms with van der Waals surface area (Å²) in [7, 11) is 0. The first-order chi connectivity index (χ1) is 8.15. The molecule has 0 radical (unpaired) electrons. The minimum absolute atomic E-state index is 0.552. The largest absolute Gasteiger partial charge is 0.358 e. The van der Waals surface area contributed by atoms with Crippen molar-refractivity contribution in [2.75, 3.05) is 0 Å². The van der Waals surface area contributed by atoms with E-state index in [0.717, 1.165) is 5.92 Å². The molecular weight excluding hydrogens is 323 g/mol. The minimum Gasteiger partial charge on any atom is -0.358 e. The summed E-state index contributed by atoms with van der Waals surface area (Å²) in [5.74, 6) is 0.749. The fraction of sp³-hybridized carbons (Fsp3) is 0.429. The van der Waals surface area contributed by atoms with Crippen molar-refractivity contribution in [3.63, 3.8) is 0 Å². The molecule has 1 aromatic heterocycles. The molecule has 0 aliphatic heterocycles. The van der Waals surface area contributed by atoms with Gasteiger partial charge >= 0.3 is 0 Å². The van der Waals surface area contributed by atoms with Crippen molar-refractivity contribution >= 4 is 33.5 Å². The predicted octanol–water partition coefficient (Wildman–Crippen LogP) is 2.51. The number of benzene rings is 1. The number of halogens is 1. The first-order valence-corrected chi connectivity index (χ1v) is 7.35. The Bertz CT molecular complexity index is 557. The Balaban J connectivity index is 2.10. The molecule has 1 heterocycles. The Hall–Kier alpha value is -0.550. The van der Waals surface area contributed by atoms with E-state index < -0.39 is 0 Å². The van der Waals surface area contributed by atoms with Gasteiger partial charge in [-0.2, -0.15) is 0 Å². The summed E-state index contributed by atoms with van der Waals surface area (Å²) in [6.45, 7) is 2.24. The van der Waals surface area contributed by atoms with Crippen LogP contribution in [0.5, 0.6) is 0 Å². The lowest BCUT2D eigenvalue weighted by Crippen LogP contribution is -2.63. The molecule has 1 aliphatic carbocycles. The molecule has 90 valence electrons. The van der Waals surface area contributed by atoms with Crippen molar-refractivity contribution in [3.05, 3.63) is 33.0 Å². The first kappa shape index (κ1) is 11.5. The van der Waals surface area contributed by atoms with Gasteiger partial charge < -0.3 is 10.7 Å². The Morgan fingerprint density at radius 1 is 1.47 bits per heavy atom. The minimum atomic E-state index is 0.552. The molecule has 0 amide bonds. The summed E-state index contributed by atoms with van der Waals surface area (Å²) in [5, 5.41) is 1.43. The number of nitrogens with one attached hydrogen (secondary N) is 1. The van der Waals surface area contributed by atoms with Crippen LogP contribution in [-0.4, -0.2) is 11.0 Å². The zero-order chi connectivity index (χ0) is 12.0. The molecule has 0 bridgehead atoms. The number of aromatic nitrogens is 1. The summed E-state index contributed by atoms with van der Waals surface area (Å²) in [6.07, 6.45) is 3.66. The third-order valence-electron chi connectivity index (χ3n) is 3.99. The fourth-order valence-electron chi connectivity index (χ4n) is 2.90. The van der Waals surface area contributed by atoms with E-state index in [1.165, 1.54) is 39.4 Å². The maximum atomic E-state index is 4.21. The van der Waals surface area contributed by atoms with Gasteiger partial charge in [-0.3, -0.25) is 0 Å². The third-order valence-corrected chi connectivity index (χ3v) is 4.66. The lowest BCUT2D eigenvalue weighted by molar-refractivity contribution is -0.427. The van der Waals surface area contributed by atoms with E-state index in [0.29, 0.717) is 6.04 Å². The second-order valence-electron chi connectivity index (χ2n) is 5.25. The summed E-state index contributed by atoms with van der Waals surface area (Å²) < 4.78 is 1.32. The van der Waals surface area contributed by atoms with Gasteiger partial charge in [-0.05, 0) is 72.5 Å². The number of quaternary nitrogens is 1. The summed E-state index contributed by atoms with van der Waals surface area (Å²) in [4.78, 5) is 3.58. The van der Waals surface area contributed by atoms with Crippen molar-refractivity contribution in [1.29, 1.82) is 0 Å². The number of H-pyrrole nitrogens is 1. The predicted molar refractivity (Wildman–Crippen MR) is 78.9 cm³/mol. The smallest absolute Gasteiger partial charge is 0.0846 e. The van der Waals surface area contributed by atoms with Crippen LogP contribution in [-0.2, 0) is 12.8 Å². The molecule has 17 heavy (non-hydrogen) atoms. The van der Waals surface area contributed by atoms with E-state index in [9.17, 15) is 0 Å². The van der Waals surface area contributed by atoms with E-state index in [2.05, 4.69) is 58.4 Å². The van der Waals surface area contributed by atoms with Crippen LogP contribution in [0.2, 0.25) is 0 Å². The highest BCUT2D eigenvalue weighted by Gasteiger charge is 2.26. The normalized spacial score (nSPS) is 21.5. The van der Waals surface area contributed by atoms with Gasteiger partial charge in [0.2, 0.25) is 0 Å². The molecule has 4 N–H and O–H groups in total. The maximum absolute atomic E-state index is 4.21. The molecule has 2 aromatic rings. The molecule has 0 spiro atoms. The Labute approximate surface area is 115 Å². The number of fused-ring (bicyclic) bond motifs is 3. The average molecular weight is 341 g/mol. The zero-order valence-electron chi connectivity index (χ0n) is 10.1. The second-order valence-corrected chi connectivity index (χ2v) is 6.50. The quantitative estimate of drug-likeness (QED) is 0.749. The van der Waals surface area contributed by atoms with Crippen LogP contribution in [0.25, 0.3) is 10.9 Å². The average Bonchev–Trinajstić information content (AvgIpc) is 2.66. The summed E-state index contributed by atoms with van der Waals surface area (Å²) >= 11 is 2.39. The lowest BCUT2D eigenvalue weighted by atomic mass is 9.83. The molecule has 2 atom stereocenters. The van der Waals surface area contributed by atoms with E-state index >= 15 is 0 Å². The van der Waals surface area contributed by atoms with Crippen LogP contribution in [0.1, 0.15) is 24.6 Å². The Kier molecular flexibility index (Phi) is 2.91. The monoisotopic (exact) mass is 341 g/mol. The molecule has 2 nitrogen and oxygen atoms in total. The Morgan fingerprint density at radius 2 is 2.29 bits per heavy atom. The van der Waals surface area contributed by atoms with Gasteiger partial charge in [0.25, 0.3) is 0 Å². The van der Waals surface area contributed by atoms with Gasteiger partial charge in [0.1, 0.15) is 0 Å². The van der Waals surface area contributed by atoms with Crippen LogP contribution in [0.3, 0.4) is 0 Å². The van der Waals surface area contributed by atoms with E-state index in [1.807, 2.05) is 0 Å². The van der Waals surface area contributed by atoms with Gasteiger partial charge in [0.05, 0.1) is 6.04 Å². The van der Waals surface area contributed by atoms with Crippen LogP contribution in [0.15, 0.2) is 18.2 Å². The fourth-order valence-corrected chi connectivity index (χ4v) is 3.39. The molecule has 0 saturated carbocycles. The number of aromatic amines is 1. The molecule has 1 aromatic carbocycles. The second kappa shape index (κ2) is 4.28. The number of aryl methyl sites for hydroxylation is 1. The molecule has 0 saturated heterocycles. The van der Waals surface area contributed by atoms with E-state index in [-0.39, 0.29) is 0 Å². The van der Waals surface area contributed by atoms with Crippen LogP contribution < -0.4 is 5.73 Å². The maximum Gasteiger partial charge on any atom is 0.0846 e. The van der Waals surface area contributed by atoms with Crippen molar-refractivity contribution in [1.82, 2.24) is 4.98 Å². The van der Waals surface area contributed by atoms with E-state index in [1.54, 1.807) is 5.56 Å². The van der Waals surface area contributed by atoms with Gasteiger partial charge in [0, 0.05) is 26.1 Å². The van der Waals surface area contributed by atoms with E-state index in [4.69, 9.17) is 0 Å². The van der Waals surface area contributed by atoms with Crippen molar-refractivity contribution in [2.45, 2.75) is 32.2 Å². The van der Waals surface area contributed by atoms with Crippen LogP contribution >= 0.6 is 22.6 Å². The molecule has 2 unspecified atom stereocenters. The highest BCUT2D eigenvalue weighted by molar-refractivity contribution is 14.1. The first-order valence-electron chi connectivity index (χ1n) is 6.27. The Morgan fingerprint density at radius 3 is 3.06 bits per heavy atom. The topological polar surface area (TPSA) is 43.4 Å². The van der Waals surface area contributed by atoms with Crippen LogP contribution in [0.4, 0.5) is 0 Å². The number of hydrogen-bond donors (Lipinski definition) is 2. The van der Waals surface area contributed by atoms with Gasteiger partial charge in [0.15, 0.2) is 0 Å². The zero-order valence-corrected chi connectivity index (χ0v) is 12.3. The lowest BCUT2D eigenvalue weighted by Gasteiger charge is -2.23. The van der Waals surface area contributed by atoms with Crippen LogP contribution in [0, 0.1) is 9.49 Å². The van der Waals surface area contributed by atoms with Gasteiger partial charge in [-0.15, -0.1) is 0 Å². The van der Waals surface area contributed by atoms with Crippen molar-refractivity contribution < 1.29 is 5.73 Å². The van der Waals surface area contributed by atoms with Gasteiger partial charge in [-0.25, -0.2) is 0 Å². The summed E-state index contributed by atoms with van der Waals surface area (Å²) in [5.41, 5.74) is 8.51. The molecule has 0 fully saturated rings. The van der Waals surface area contributed by atoms with Crippen molar-refractivity contribution in [2.24, 2.45) is 5.92 Å². The SMILES string of the molecule is CC([NH3+])C1CCc2[nH]c3ccc(I)cc3c2C1.